The van der Waals surface area contributed by atoms with Crippen molar-refractivity contribution in [3.63, 3.8) is 0 Å². The molecule has 0 aromatic carbocycles. The summed E-state index contributed by atoms with van der Waals surface area (Å²) in [6.45, 7) is 6.51. The Morgan fingerprint density at radius 3 is 2.86 bits per heavy atom. The first-order valence-corrected chi connectivity index (χ1v) is 5.33. The molecule has 1 aromatic heterocycles. The molecule has 3 nitrogen and oxygen atoms in total. The average Bonchev–Trinajstić information content (AvgIpc) is 2.67. The van der Waals surface area contributed by atoms with E-state index in [1.165, 1.54) is 12.8 Å². The molecule has 0 spiro atoms. The number of aryl methyl sites for hydroxylation is 1. The Hall–Kier alpha value is -1.12. The molecule has 1 fully saturated rings. The Morgan fingerprint density at radius 1 is 1.43 bits per heavy atom. The molecular formula is C11H17N3. The molecule has 0 aliphatic carbocycles. The molecule has 0 saturated carbocycles. The zero-order valence-electron chi connectivity index (χ0n) is 8.90. The molecule has 2 heterocycles. The summed E-state index contributed by atoms with van der Waals surface area (Å²) in [6.07, 6.45) is 6.30. The van der Waals surface area contributed by atoms with E-state index in [0.717, 1.165) is 30.5 Å². The highest BCUT2D eigenvalue weighted by Gasteiger charge is 2.21. The van der Waals surface area contributed by atoms with Crippen LogP contribution in [-0.2, 0) is 0 Å². The minimum atomic E-state index is 0.845. The van der Waals surface area contributed by atoms with E-state index in [1.54, 1.807) is 0 Å². The molecule has 1 aromatic rings. The Kier molecular flexibility index (Phi) is 2.66. The van der Waals surface area contributed by atoms with Gasteiger partial charge in [-0.3, -0.25) is 4.98 Å². The summed E-state index contributed by atoms with van der Waals surface area (Å²) in [5.74, 6) is 1.88. The second kappa shape index (κ2) is 3.95. The number of aromatic nitrogens is 2. The molecule has 0 bridgehead atoms. The molecule has 2 rings (SSSR count). The summed E-state index contributed by atoms with van der Waals surface area (Å²) in [4.78, 5) is 11.0. The molecule has 1 saturated heterocycles. The zero-order chi connectivity index (χ0) is 9.97. The van der Waals surface area contributed by atoms with E-state index in [0.29, 0.717) is 0 Å². The van der Waals surface area contributed by atoms with Crippen molar-refractivity contribution in [2.75, 3.05) is 18.0 Å². The minimum Gasteiger partial charge on any atom is -0.355 e. The maximum absolute atomic E-state index is 4.39. The first-order chi connectivity index (χ1) is 6.79. The summed E-state index contributed by atoms with van der Waals surface area (Å²) in [7, 11) is 0. The molecule has 0 amide bonds. The van der Waals surface area contributed by atoms with E-state index in [1.807, 2.05) is 19.3 Å². The van der Waals surface area contributed by atoms with Gasteiger partial charge in [-0.2, -0.15) is 0 Å². The van der Waals surface area contributed by atoms with Gasteiger partial charge in [0.15, 0.2) is 0 Å². The van der Waals surface area contributed by atoms with E-state index < -0.39 is 0 Å². The molecular weight excluding hydrogens is 174 g/mol. The lowest BCUT2D eigenvalue weighted by atomic mass is 10.1. The summed E-state index contributed by atoms with van der Waals surface area (Å²) in [5, 5.41) is 0. The fraction of sp³-hybridized carbons (Fsp3) is 0.636. The van der Waals surface area contributed by atoms with Crippen LogP contribution in [0.15, 0.2) is 12.4 Å². The molecule has 1 aliphatic heterocycles. The SMILES string of the molecule is CCC1CCN(c2cnc(C)cn2)C1. The van der Waals surface area contributed by atoms with Crippen LogP contribution in [-0.4, -0.2) is 23.1 Å². The van der Waals surface area contributed by atoms with E-state index >= 15 is 0 Å². The third kappa shape index (κ3) is 1.86. The Balaban J connectivity index is 2.06. The number of hydrogen-bond donors (Lipinski definition) is 0. The minimum absolute atomic E-state index is 0.845. The van der Waals surface area contributed by atoms with Gasteiger partial charge >= 0.3 is 0 Å². The fourth-order valence-corrected chi connectivity index (χ4v) is 1.92. The van der Waals surface area contributed by atoms with Gasteiger partial charge < -0.3 is 4.90 Å². The molecule has 1 atom stereocenters. The third-order valence-electron chi connectivity index (χ3n) is 2.95. The van der Waals surface area contributed by atoms with Gasteiger partial charge in [-0.05, 0) is 19.3 Å². The molecule has 14 heavy (non-hydrogen) atoms. The van der Waals surface area contributed by atoms with Gasteiger partial charge in [0.1, 0.15) is 5.82 Å². The van der Waals surface area contributed by atoms with Crippen molar-refractivity contribution in [3.05, 3.63) is 18.1 Å². The first kappa shape index (κ1) is 9.44. The van der Waals surface area contributed by atoms with Crippen molar-refractivity contribution >= 4 is 5.82 Å². The number of hydrogen-bond acceptors (Lipinski definition) is 3. The Morgan fingerprint density at radius 2 is 2.29 bits per heavy atom. The van der Waals surface area contributed by atoms with Crippen LogP contribution in [0.1, 0.15) is 25.5 Å². The van der Waals surface area contributed by atoms with Gasteiger partial charge in [0.2, 0.25) is 0 Å². The van der Waals surface area contributed by atoms with Crippen LogP contribution >= 0.6 is 0 Å². The van der Waals surface area contributed by atoms with E-state index in [-0.39, 0.29) is 0 Å². The standard InChI is InChI=1S/C11H17N3/c1-3-10-4-5-14(8-10)11-7-12-9(2)6-13-11/h6-7,10H,3-5,8H2,1-2H3. The lowest BCUT2D eigenvalue weighted by Gasteiger charge is -2.16. The molecule has 76 valence electrons. The lowest BCUT2D eigenvalue weighted by molar-refractivity contribution is 0.568. The highest BCUT2D eigenvalue weighted by molar-refractivity contribution is 5.37. The molecule has 1 aliphatic rings. The molecule has 1 unspecified atom stereocenters. The molecule has 3 heteroatoms. The van der Waals surface area contributed by atoms with Crippen LogP contribution in [0.5, 0.6) is 0 Å². The van der Waals surface area contributed by atoms with Crippen molar-refractivity contribution in [2.24, 2.45) is 5.92 Å². The number of anilines is 1. The van der Waals surface area contributed by atoms with Crippen molar-refractivity contribution in [3.8, 4) is 0 Å². The molecule has 0 radical (unpaired) electrons. The summed E-state index contributed by atoms with van der Waals surface area (Å²) < 4.78 is 0. The smallest absolute Gasteiger partial charge is 0.147 e. The molecule has 0 N–H and O–H groups in total. The lowest BCUT2D eigenvalue weighted by Crippen LogP contribution is -2.20. The quantitative estimate of drug-likeness (QED) is 0.716. The van der Waals surface area contributed by atoms with E-state index in [2.05, 4.69) is 21.8 Å². The van der Waals surface area contributed by atoms with E-state index in [4.69, 9.17) is 0 Å². The predicted octanol–water partition coefficient (Wildman–Crippen LogP) is 2.02. The highest BCUT2D eigenvalue weighted by atomic mass is 15.2. The van der Waals surface area contributed by atoms with Gasteiger partial charge in [-0.15, -0.1) is 0 Å². The van der Waals surface area contributed by atoms with Crippen molar-refractivity contribution in [2.45, 2.75) is 26.7 Å². The van der Waals surface area contributed by atoms with Crippen LogP contribution in [0.3, 0.4) is 0 Å². The van der Waals surface area contributed by atoms with Crippen LogP contribution in [0.4, 0.5) is 5.82 Å². The number of nitrogens with zero attached hydrogens (tertiary/aromatic N) is 3. The highest BCUT2D eigenvalue weighted by Crippen LogP contribution is 2.23. The maximum atomic E-state index is 4.39. The first-order valence-electron chi connectivity index (χ1n) is 5.33. The third-order valence-corrected chi connectivity index (χ3v) is 2.95. The largest absolute Gasteiger partial charge is 0.355 e. The fourth-order valence-electron chi connectivity index (χ4n) is 1.92. The summed E-state index contributed by atoms with van der Waals surface area (Å²) in [5.41, 5.74) is 0.986. The maximum Gasteiger partial charge on any atom is 0.147 e. The van der Waals surface area contributed by atoms with Gasteiger partial charge in [0, 0.05) is 13.1 Å². The van der Waals surface area contributed by atoms with Crippen molar-refractivity contribution < 1.29 is 0 Å². The second-order valence-electron chi connectivity index (χ2n) is 4.02. The zero-order valence-corrected chi connectivity index (χ0v) is 8.90. The topological polar surface area (TPSA) is 29.0 Å². The van der Waals surface area contributed by atoms with Crippen LogP contribution < -0.4 is 4.90 Å². The van der Waals surface area contributed by atoms with Gasteiger partial charge in [0.05, 0.1) is 18.1 Å². The average molecular weight is 191 g/mol. The van der Waals surface area contributed by atoms with Crippen LogP contribution in [0.2, 0.25) is 0 Å². The predicted molar refractivity (Wildman–Crippen MR) is 57.4 cm³/mol. The Labute approximate surface area is 85.2 Å². The van der Waals surface area contributed by atoms with Crippen LogP contribution in [0.25, 0.3) is 0 Å². The monoisotopic (exact) mass is 191 g/mol. The number of rotatable bonds is 2. The summed E-state index contributed by atoms with van der Waals surface area (Å²) in [6, 6.07) is 0. The van der Waals surface area contributed by atoms with Gasteiger partial charge in [-0.1, -0.05) is 13.3 Å². The van der Waals surface area contributed by atoms with E-state index in [9.17, 15) is 0 Å². The van der Waals surface area contributed by atoms with Gasteiger partial charge in [0.25, 0.3) is 0 Å². The van der Waals surface area contributed by atoms with Crippen molar-refractivity contribution in [1.82, 2.24) is 9.97 Å². The second-order valence-corrected chi connectivity index (χ2v) is 4.02. The normalized spacial score (nSPS) is 21.6. The van der Waals surface area contributed by atoms with Crippen LogP contribution in [0, 0.1) is 12.8 Å². The van der Waals surface area contributed by atoms with Crippen molar-refractivity contribution in [1.29, 1.82) is 0 Å². The Bertz CT molecular complexity index is 294. The van der Waals surface area contributed by atoms with Gasteiger partial charge in [-0.25, -0.2) is 4.98 Å². The summed E-state index contributed by atoms with van der Waals surface area (Å²) >= 11 is 0.